The summed E-state index contributed by atoms with van der Waals surface area (Å²) in [6.07, 6.45) is 7.67. The second kappa shape index (κ2) is 9.45. The Kier molecular flexibility index (Phi) is 7.29. The molecule has 1 aliphatic heterocycles. The molecule has 1 atom stereocenters. The number of hydrogen-bond donors (Lipinski definition) is 1. The molecule has 0 bridgehead atoms. The van der Waals surface area contributed by atoms with Gasteiger partial charge in [-0.25, -0.2) is 0 Å². The van der Waals surface area contributed by atoms with Crippen LogP contribution in [0.15, 0.2) is 24.3 Å². The lowest BCUT2D eigenvalue weighted by Crippen LogP contribution is -2.43. The highest BCUT2D eigenvalue weighted by Gasteiger charge is 2.26. The van der Waals surface area contributed by atoms with Crippen molar-refractivity contribution in [1.82, 2.24) is 10.2 Å². The van der Waals surface area contributed by atoms with E-state index in [0.717, 1.165) is 45.1 Å². The van der Waals surface area contributed by atoms with Gasteiger partial charge in [-0.15, -0.1) is 0 Å². The highest BCUT2D eigenvalue weighted by Crippen LogP contribution is 2.22. The summed E-state index contributed by atoms with van der Waals surface area (Å²) >= 11 is 0. The molecule has 132 valence electrons. The molecule has 1 fully saturated rings. The Balaban J connectivity index is 1.95. The molecule has 4 heteroatoms. The van der Waals surface area contributed by atoms with Gasteiger partial charge in [0.2, 0.25) is 0 Å². The van der Waals surface area contributed by atoms with E-state index in [4.69, 9.17) is 0 Å². The standard InChI is InChI=1S/C20H30N2O2/c1-3-5-7-14-21-19(23)16-10-12-17(13-11-16)20(24)22-15-8-6-9-18(22)4-2/h10-13,18H,3-9,14-15H2,1-2H3,(H,21,23). The molecular formula is C20H30N2O2. The normalized spacial score (nSPS) is 17.6. The predicted octanol–water partition coefficient (Wildman–Crippen LogP) is 4.01. The molecular weight excluding hydrogens is 300 g/mol. The molecule has 0 aromatic heterocycles. The first-order valence-electron chi connectivity index (χ1n) is 9.36. The minimum Gasteiger partial charge on any atom is -0.352 e. The predicted molar refractivity (Wildman–Crippen MR) is 97.3 cm³/mol. The van der Waals surface area contributed by atoms with Gasteiger partial charge in [0, 0.05) is 30.3 Å². The zero-order chi connectivity index (χ0) is 17.4. The van der Waals surface area contributed by atoms with Gasteiger partial charge in [-0.1, -0.05) is 26.7 Å². The number of piperidine rings is 1. The molecule has 1 aliphatic rings. The van der Waals surface area contributed by atoms with Crippen LogP contribution in [-0.2, 0) is 0 Å². The summed E-state index contributed by atoms with van der Waals surface area (Å²) in [4.78, 5) is 26.8. The molecule has 4 nitrogen and oxygen atoms in total. The van der Waals surface area contributed by atoms with Crippen molar-refractivity contribution >= 4 is 11.8 Å². The van der Waals surface area contributed by atoms with Crippen LogP contribution in [-0.4, -0.2) is 35.8 Å². The van der Waals surface area contributed by atoms with E-state index >= 15 is 0 Å². The van der Waals surface area contributed by atoms with Crippen LogP contribution >= 0.6 is 0 Å². The van der Waals surface area contributed by atoms with Crippen molar-refractivity contribution in [2.45, 2.75) is 64.8 Å². The molecule has 1 aromatic carbocycles. The number of amides is 2. The Labute approximate surface area is 145 Å². The fourth-order valence-corrected chi connectivity index (χ4v) is 3.30. The summed E-state index contributed by atoms with van der Waals surface area (Å²) in [6, 6.07) is 7.43. The second-order valence-corrected chi connectivity index (χ2v) is 6.60. The average molecular weight is 330 g/mol. The average Bonchev–Trinajstić information content (AvgIpc) is 2.64. The SMILES string of the molecule is CCCCCNC(=O)c1ccc(C(=O)N2CCCCC2CC)cc1. The van der Waals surface area contributed by atoms with Gasteiger partial charge in [-0.3, -0.25) is 9.59 Å². The van der Waals surface area contributed by atoms with E-state index in [2.05, 4.69) is 19.2 Å². The molecule has 2 amide bonds. The molecule has 1 aromatic rings. The number of rotatable bonds is 7. The van der Waals surface area contributed by atoms with E-state index in [1.165, 1.54) is 6.42 Å². The Hall–Kier alpha value is -1.84. The first-order chi connectivity index (χ1) is 11.7. The monoisotopic (exact) mass is 330 g/mol. The first kappa shape index (κ1) is 18.5. The highest BCUT2D eigenvalue weighted by atomic mass is 16.2. The van der Waals surface area contributed by atoms with Crippen molar-refractivity contribution < 1.29 is 9.59 Å². The van der Waals surface area contributed by atoms with E-state index in [-0.39, 0.29) is 11.8 Å². The van der Waals surface area contributed by atoms with Crippen LogP contribution in [0, 0.1) is 0 Å². The summed E-state index contributed by atoms with van der Waals surface area (Å²) in [5.41, 5.74) is 1.30. The van der Waals surface area contributed by atoms with Crippen LogP contribution in [0.4, 0.5) is 0 Å². The van der Waals surface area contributed by atoms with Crippen LogP contribution in [0.2, 0.25) is 0 Å². The summed E-state index contributed by atoms with van der Waals surface area (Å²) in [7, 11) is 0. The van der Waals surface area contributed by atoms with Crippen LogP contribution in [0.5, 0.6) is 0 Å². The quantitative estimate of drug-likeness (QED) is 0.768. The van der Waals surface area contributed by atoms with E-state index < -0.39 is 0 Å². The van der Waals surface area contributed by atoms with Crippen LogP contribution < -0.4 is 5.32 Å². The zero-order valence-electron chi connectivity index (χ0n) is 15.0. The van der Waals surface area contributed by atoms with Gasteiger partial charge in [0.15, 0.2) is 0 Å². The maximum absolute atomic E-state index is 12.7. The van der Waals surface area contributed by atoms with Crippen molar-refractivity contribution in [3.8, 4) is 0 Å². The fourth-order valence-electron chi connectivity index (χ4n) is 3.30. The summed E-state index contributed by atoms with van der Waals surface area (Å²) in [5.74, 6) is 0.0333. The van der Waals surface area contributed by atoms with Gasteiger partial charge < -0.3 is 10.2 Å². The molecule has 2 rings (SSSR count). The molecule has 0 spiro atoms. The smallest absolute Gasteiger partial charge is 0.254 e. The minimum atomic E-state index is -0.0606. The highest BCUT2D eigenvalue weighted by molar-refractivity contribution is 5.98. The molecule has 0 saturated carbocycles. The van der Waals surface area contributed by atoms with Crippen molar-refractivity contribution in [3.63, 3.8) is 0 Å². The van der Waals surface area contributed by atoms with Crippen molar-refractivity contribution in [3.05, 3.63) is 35.4 Å². The number of nitrogens with one attached hydrogen (secondary N) is 1. The number of carbonyl (C=O) groups excluding carboxylic acids is 2. The van der Waals surface area contributed by atoms with Crippen molar-refractivity contribution in [2.75, 3.05) is 13.1 Å². The lowest BCUT2D eigenvalue weighted by Gasteiger charge is -2.35. The second-order valence-electron chi connectivity index (χ2n) is 6.60. The minimum absolute atomic E-state index is 0.0606. The number of benzene rings is 1. The number of unbranched alkanes of at least 4 members (excludes halogenated alkanes) is 2. The van der Waals surface area contributed by atoms with E-state index in [9.17, 15) is 9.59 Å². The Morgan fingerprint density at radius 2 is 1.79 bits per heavy atom. The molecule has 0 aliphatic carbocycles. The molecule has 1 saturated heterocycles. The Morgan fingerprint density at radius 3 is 2.46 bits per heavy atom. The van der Waals surface area contributed by atoms with Gasteiger partial charge in [0.1, 0.15) is 0 Å². The van der Waals surface area contributed by atoms with E-state index in [1.54, 1.807) is 24.3 Å². The lowest BCUT2D eigenvalue weighted by molar-refractivity contribution is 0.0607. The number of hydrogen-bond acceptors (Lipinski definition) is 2. The van der Waals surface area contributed by atoms with Gasteiger partial charge in [0.25, 0.3) is 11.8 Å². The van der Waals surface area contributed by atoms with Gasteiger partial charge in [-0.2, -0.15) is 0 Å². The summed E-state index contributed by atoms with van der Waals surface area (Å²) in [5, 5.41) is 2.93. The van der Waals surface area contributed by atoms with Crippen molar-refractivity contribution in [2.24, 2.45) is 0 Å². The summed E-state index contributed by atoms with van der Waals surface area (Å²) < 4.78 is 0. The lowest BCUT2D eigenvalue weighted by atomic mass is 9.98. The maximum Gasteiger partial charge on any atom is 0.254 e. The van der Waals surface area contributed by atoms with Crippen LogP contribution in [0.3, 0.4) is 0 Å². The largest absolute Gasteiger partial charge is 0.352 e. The van der Waals surface area contributed by atoms with Gasteiger partial charge in [0.05, 0.1) is 0 Å². The fraction of sp³-hybridized carbons (Fsp3) is 0.600. The third-order valence-corrected chi connectivity index (χ3v) is 4.82. The molecule has 1 N–H and O–H groups in total. The topological polar surface area (TPSA) is 49.4 Å². The molecule has 1 heterocycles. The molecule has 1 unspecified atom stereocenters. The maximum atomic E-state index is 12.7. The first-order valence-corrected chi connectivity index (χ1v) is 9.36. The van der Waals surface area contributed by atoms with Crippen molar-refractivity contribution in [1.29, 1.82) is 0 Å². The Bertz CT molecular complexity index is 539. The zero-order valence-corrected chi connectivity index (χ0v) is 15.0. The third-order valence-electron chi connectivity index (χ3n) is 4.82. The number of carbonyl (C=O) groups is 2. The number of nitrogens with zero attached hydrogens (tertiary/aromatic N) is 1. The Morgan fingerprint density at radius 1 is 1.08 bits per heavy atom. The van der Waals surface area contributed by atoms with Crippen LogP contribution in [0.1, 0.15) is 79.5 Å². The third kappa shape index (κ3) is 4.83. The van der Waals surface area contributed by atoms with E-state index in [0.29, 0.717) is 23.7 Å². The van der Waals surface area contributed by atoms with Crippen LogP contribution in [0.25, 0.3) is 0 Å². The van der Waals surface area contributed by atoms with Gasteiger partial charge in [-0.05, 0) is 56.4 Å². The molecule has 24 heavy (non-hydrogen) atoms. The summed E-state index contributed by atoms with van der Waals surface area (Å²) in [6.45, 7) is 5.83. The van der Waals surface area contributed by atoms with Gasteiger partial charge >= 0.3 is 0 Å². The van der Waals surface area contributed by atoms with E-state index in [1.807, 2.05) is 4.90 Å². The number of likely N-dealkylation sites (tertiary alicyclic amines) is 1. The molecule has 0 radical (unpaired) electrons.